The molecule has 1 N–H and O–H groups in total. The Kier molecular flexibility index (Phi) is 4.16. The van der Waals surface area contributed by atoms with E-state index in [2.05, 4.69) is 21.9 Å². The molecular weight excluding hydrogens is 295 g/mol. The standard InChI is InChI=1S/C15H14F3N3O/c1-4-12(15(16,17)18)20-14-8(2)19-11-7-5-6-10(9(3)22)13(11)21-14/h4-7,12H,1H2,2-3H3,(H,20,21)/t12-/m1/s1. The predicted molar refractivity (Wildman–Crippen MR) is 77.9 cm³/mol. The Balaban J connectivity index is 2.55. The number of para-hydroxylation sites is 1. The van der Waals surface area contributed by atoms with Crippen LogP contribution in [0.4, 0.5) is 19.0 Å². The van der Waals surface area contributed by atoms with Crippen LogP contribution in [0.1, 0.15) is 23.0 Å². The summed E-state index contributed by atoms with van der Waals surface area (Å²) in [6, 6.07) is 2.93. The highest BCUT2D eigenvalue weighted by atomic mass is 19.4. The number of halogens is 3. The first-order chi connectivity index (χ1) is 10.2. The van der Waals surface area contributed by atoms with Crippen molar-refractivity contribution >= 4 is 22.6 Å². The normalized spacial score (nSPS) is 13.0. The van der Waals surface area contributed by atoms with Crippen LogP contribution >= 0.6 is 0 Å². The number of carbonyl (C=O) groups is 1. The van der Waals surface area contributed by atoms with Crippen LogP contribution < -0.4 is 5.32 Å². The fourth-order valence-corrected chi connectivity index (χ4v) is 2.01. The van der Waals surface area contributed by atoms with Gasteiger partial charge in [-0.25, -0.2) is 9.97 Å². The number of carbonyl (C=O) groups excluding carboxylic acids is 1. The highest BCUT2D eigenvalue weighted by molar-refractivity contribution is 6.04. The van der Waals surface area contributed by atoms with Gasteiger partial charge >= 0.3 is 6.18 Å². The SMILES string of the molecule is C=C[C@@H](Nc1nc2c(C(C)=O)cccc2nc1C)C(F)(F)F. The zero-order chi connectivity index (χ0) is 16.5. The highest BCUT2D eigenvalue weighted by Gasteiger charge is 2.38. The number of aryl methyl sites for hydroxylation is 1. The summed E-state index contributed by atoms with van der Waals surface area (Å²) in [7, 11) is 0. The van der Waals surface area contributed by atoms with Gasteiger partial charge in [-0.05, 0) is 26.0 Å². The highest BCUT2D eigenvalue weighted by Crippen LogP contribution is 2.26. The van der Waals surface area contributed by atoms with E-state index < -0.39 is 12.2 Å². The van der Waals surface area contributed by atoms with E-state index in [9.17, 15) is 18.0 Å². The molecule has 2 aromatic rings. The quantitative estimate of drug-likeness (QED) is 0.691. The van der Waals surface area contributed by atoms with Gasteiger partial charge in [0.25, 0.3) is 0 Å². The fraction of sp³-hybridized carbons (Fsp3) is 0.267. The Morgan fingerprint density at radius 1 is 1.36 bits per heavy atom. The summed E-state index contributed by atoms with van der Waals surface area (Å²) in [5, 5.41) is 2.27. The van der Waals surface area contributed by atoms with Crippen molar-refractivity contribution in [2.75, 3.05) is 5.32 Å². The lowest BCUT2D eigenvalue weighted by atomic mass is 10.1. The van der Waals surface area contributed by atoms with Gasteiger partial charge in [-0.15, -0.1) is 6.58 Å². The van der Waals surface area contributed by atoms with Gasteiger partial charge in [-0.3, -0.25) is 4.79 Å². The second-order valence-corrected chi connectivity index (χ2v) is 4.79. The Hall–Kier alpha value is -2.44. The lowest BCUT2D eigenvalue weighted by molar-refractivity contribution is -0.132. The van der Waals surface area contributed by atoms with Crippen molar-refractivity contribution < 1.29 is 18.0 Å². The molecular formula is C15H14F3N3O. The third kappa shape index (κ3) is 3.08. The van der Waals surface area contributed by atoms with Crippen LogP contribution in [0.25, 0.3) is 11.0 Å². The molecule has 22 heavy (non-hydrogen) atoms. The van der Waals surface area contributed by atoms with Gasteiger partial charge in [0.1, 0.15) is 17.4 Å². The van der Waals surface area contributed by atoms with Crippen molar-refractivity contribution in [1.82, 2.24) is 9.97 Å². The summed E-state index contributed by atoms with van der Waals surface area (Å²) < 4.78 is 38.5. The maximum Gasteiger partial charge on any atom is 0.412 e. The Morgan fingerprint density at radius 3 is 2.59 bits per heavy atom. The van der Waals surface area contributed by atoms with Crippen LogP contribution in [0.15, 0.2) is 30.9 Å². The number of hydrogen-bond acceptors (Lipinski definition) is 4. The molecule has 116 valence electrons. The smallest absolute Gasteiger partial charge is 0.354 e. The van der Waals surface area contributed by atoms with E-state index in [1.165, 1.54) is 6.92 Å². The molecule has 7 heteroatoms. The molecule has 0 aliphatic rings. The summed E-state index contributed by atoms with van der Waals surface area (Å²) in [4.78, 5) is 20.0. The van der Waals surface area contributed by atoms with Crippen LogP contribution in [-0.2, 0) is 0 Å². The minimum Gasteiger partial charge on any atom is -0.354 e. The molecule has 0 saturated carbocycles. The van der Waals surface area contributed by atoms with E-state index in [0.717, 1.165) is 6.08 Å². The largest absolute Gasteiger partial charge is 0.412 e. The average Bonchev–Trinajstić information content (AvgIpc) is 2.42. The van der Waals surface area contributed by atoms with E-state index in [1.807, 2.05) is 0 Å². The molecule has 2 rings (SSSR count). The number of alkyl halides is 3. The van der Waals surface area contributed by atoms with Crippen molar-refractivity contribution in [3.05, 3.63) is 42.1 Å². The molecule has 0 aliphatic heterocycles. The Morgan fingerprint density at radius 2 is 2.05 bits per heavy atom. The number of rotatable bonds is 4. The van der Waals surface area contributed by atoms with Gasteiger partial charge in [0.05, 0.1) is 11.2 Å². The molecule has 1 atom stereocenters. The van der Waals surface area contributed by atoms with Crippen LogP contribution in [0.5, 0.6) is 0 Å². The van der Waals surface area contributed by atoms with Crippen LogP contribution in [0.3, 0.4) is 0 Å². The van der Waals surface area contributed by atoms with Gasteiger partial charge in [-0.2, -0.15) is 13.2 Å². The molecule has 0 spiro atoms. The van der Waals surface area contributed by atoms with Gasteiger partial charge in [0.15, 0.2) is 5.78 Å². The van der Waals surface area contributed by atoms with Crippen LogP contribution in [-0.4, -0.2) is 28.0 Å². The third-order valence-electron chi connectivity index (χ3n) is 3.13. The fourth-order valence-electron chi connectivity index (χ4n) is 2.01. The maximum absolute atomic E-state index is 12.8. The first kappa shape index (κ1) is 15.9. The second kappa shape index (κ2) is 5.75. The number of benzene rings is 1. The zero-order valence-corrected chi connectivity index (χ0v) is 12.0. The molecule has 0 saturated heterocycles. The summed E-state index contributed by atoms with van der Waals surface area (Å²) >= 11 is 0. The van der Waals surface area contributed by atoms with Crippen LogP contribution in [0.2, 0.25) is 0 Å². The van der Waals surface area contributed by atoms with Crippen molar-refractivity contribution in [2.24, 2.45) is 0 Å². The molecule has 0 fully saturated rings. The molecule has 0 radical (unpaired) electrons. The minimum atomic E-state index is -4.50. The summed E-state index contributed by atoms with van der Waals surface area (Å²) in [6.45, 7) is 6.09. The summed E-state index contributed by atoms with van der Waals surface area (Å²) in [5.41, 5.74) is 1.35. The molecule has 0 unspecified atom stereocenters. The number of Topliss-reactive ketones (excluding diaryl/α,β-unsaturated/α-hetero) is 1. The Labute approximate surface area is 125 Å². The second-order valence-electron chi connectivity index (χ2n) is 4.79. The van der Waals surface area contributed by atoms with Gasteiger partial charge in [-0.1, -0.05) is 12.1 Å². The van der Waals surface area contributed by atoms with E-state index in [0.29, 0.717) is 16.8 Å². The molecule has 0 bridgehead atoms. The lowest BCUT2D eigenvalue weighted by Crippen LogP contribution is -2.34. The molecule has 1 aromatic heterocycles. The topological polar surface area (TPSA) is 54.9 Å². The predicted octanol–water partition coefficient (Wildman–Crippen LogP) is 3.67. The number of hydrogen-bond donors (Lipinski definition) is 1. The lowest BCUT2D eigenvalue weighted by Gasteiger charge is -2.19. The minimum absolute atomic E-state index is 0.0246. The van der Waals surface area contributed by atoms with Gasteiger partial charge in [0, 0.05) is 5.56 Å². The maximum atomic E-state index is 12.8. The number of nitrogens with one attached hydrogen (secondary N) is 1. The first-order valence-corrected chi connectivity index (χ1v) is 6.48. The summed E-state index contributed by atoms with van der Waals surface area (Å²) in [6.07, 6.45) is -3.74. The average molecular weight is 309 g/mol. The number of anilines is 1. The van der Waals surface area contributed by atoms with E-state index >= 15 is 0 Å². The van der Waals surface area contributed by atoms with E-state index in [-0.39, 0.29) is 17.1 Å². The number of aromatic nitrogens is 2. The monoisotopic (exact) mass is 309 g/mol. The molecule has 0 amide bonds. The van der Waals surface area contributed by atoms with Crippen molar-refractivity contribution in [3.8, 4) is 0 Å². The van der Waals surface area contributed by atoms with Crippen LogP contribution in [0, 0.1) is 6.92 Å². The first-order valence-electron chi connectivity index (χ1n) is 6.48. The number of ketones is 1. The summed E-state index contributed by atoms with van der Waals surface area (Å²) in [5.74, 6) is -0.255. The molecule has 0 aliphatic carbocycles. The van der Waals surface area contributed by atoms with E-state index in [1.54, 1.807) is 25.1 Å². The van der Waals surface area contributed by atoms with Crippen molar-refractivity contribution in [3.63, 3.8) is 0 Å². The Bertz CT molecular complexity index is 741. The van der Waals surface area contributed by atoms with E-state index in [4.69, 9.17) is 0 Å². The van der Waals surface area contributed by atoms with Gasteiger partial charge < -0.3 is 5.32 Å². The molecule has 4 nitrogen and oxygen atoms in total. The van der Waals surface area contributed by atoms with Gasteiger partial charge in [0.2, 0.25) is 0 Å². The number of nitrogens with zero attached hydrogens (tertiary/aromatic N) is 2. The third-order valence-corrected chi connectivity index (χ3v) is 3.13. The molecule has 1 heterocycles. The molecule has 1 aromatic carbocycles. The zero-order valence-electron chi connectivity index (χ0n) is 12.0. The van der Waals surface area contributed by atoms with Crippen molar-refractivity contribution in [1.29, 1.82) is 0 Å². The number of fused-ring (bicyclic) bond motifs is 1. The van der Waals surface area contributed by atoms with Crippen molar-refractivity contribution in [2.45, 2.75) is 26.1 Å².